The van der Waals surface area contributed by atoms with Crippen molar-refractivity contribution in [3.05, 3.63) is 35.4 Å². The van der Waals surface area contributed by atoms with Crippen LogP contribution in [0.3, 0.4) is 0 Å². The molecule has 94 valence electrons. The van der Waals surface area contributed by atoms with Crippen molar-refractivity contribution in [1.82, 2.24) is 0 Å². The Balaban J connectivity index is 2.76. The quantitative estimate of drug-likeness (QED) is 0.786. The minimum atomic E-state index is -4.31. The monoisotopic (exact) mass is 244 g/mol. The first-order chi connectivity index (χ1) is 7.79. The van der Waals surface area contributed by atoms with E-state index in [0.717, 1.165) is 12.1 Å². The second-order valence-corrected chi connectivity index (χ2v) is 4.41. The number of ketones is 1. The van der Waals surface area contributed by atoms with Crippen molar-refractivity contribution in [3.8, 4) is 0 Å². The number of carbonyl (C=O) groups excluding carboxylic acids is 1. The van der Waals surface area contributed by atoms with Gasteiger partial charge in [0.1, 0.15) is 5.78 Å². The molecule has 0 N–H and O–H groups in total. The molecule has 1 aromatic rings. The van der Waals surface area contributed by atoms with E-state index in [1.807, 2.05) is 6.92 Å². The highest BCUT2D eigenvalue weighted by atomic mass is 19.4. The maximum Gasteiger partial charge on any atom is 0.416 e. The summed E-state index contributed by atoms with van der Waals surface area (Å²) in [4.78, 5) is 10.9. The van der Waals surface area contributed by atoms with E-state index in [1.165, 1.54) is 13.0 Å². The fraction of sp³-hybridized carbons (Fsp3) is 0.462. The van der Waals surface area contributed by atoms with Gasteiger partial charge in [-0.15, -0.1) is 0 Å². The molecule has 1 nitrogen and oxygen atoms in total. The maximum atomic E-state index is 12.5. The molecule has 1 rings (SSSR count). The number of hydrogen-bond donors (Lipinski definition) is 0. The SMILES string of the molecule is CC(=O)CC(C)Cc1cccc(C(F)(F)F)c1. The van der Waals surface area contributed by atoms with E-state index in [0.29, 0.717) is 18.4 Å². The van der Waals surface area contributed by atoms with Crippen LogP contribution >= 0.6 is 0 Å². The largest absolute Gasteiger partial charge is 0.416 e. The van der Waals surface area contributed by atoms with Gasteiger partial charge in [-0.25, -0.2) is 0 Å². The highest BCUT2D eigenvalue weighted by Crippen LogP contribution is 2.30. The van der Waals surface area contributed by atoms with Gasteiger partial charge in [0.05, 0.1) is 5.56 Å². The van der Waals surface area contributed by atoms with E-state index in [4.69, 9.17) is 0 Å². The van der Waals surface area contributed by atoms with E-state index in [-0.39, 0.29) is 11.7 Å². The van der Waals surface area contributed by atoms with Crippen LogP contribution in [0.25, 0.3) is 0 Å². The van der Waals surface area contributed by atoms with Crippen LogP contribution in [0.1, 0.15) is 31.4 Å². The van der Waals surface area contributed by atoms with Gasteiger partial charge in [0.25, 0.3) is 0 Å². The van der Waals surface area contributed by atoms with E-state index < -0.39 is 11.7 Å². The molecular weight excluding hydrogens is 229 g/mol. The first kappa shape index (κ1) is 13.7. The lowest BCUT2D eigenvalue weighted by Crippen LogP contribution is -2.08. The number of benzene rings is 1. The Morgan fingerprint density at radius 1 is 1.35 bits per heavy atom. The van der Waals surface area contributed by atoms with Gasteiger partial charge in [0.15, 0.2) is 0 Å². The molecule has 0 saturated heterocycles. The fourth-order valence-electron chi connectivity index (χ4n) is 1.84. The Kier molecular flexibility index (Phi) is 4.32. The maximum absolute atomic E-state index is 12.5. The number of alkyl halides is 3. The molecule has 4 heteroatoms. The highest BCUT2D eigenvalue weighted by Gasteiger charge is 2.30. The molecule has 0 amide bonds. The number of carbonyl (C=O) groups is 1. The van der Waals surface area contributed by atoms with Crippen LogP contribution in [0.5, 0.6) is 0 Å². The van der Waals surface area contributed by atoms with Gasteiger partial charge in [0.2, 0.25) is 0 Å². The van der Waals surface area contributed by atoms with Crippen molar-refractivity contribution in [2.45, 2.75) is 32.9 Å². The number of hydrogen-bond acceptors (Lipinski definition) is 1. The summed E-state index contributed by atoms with van der Waals surface area (Å²) in [5.74, 6) is 0.125. The highest BCUT2D eigenvalue weighted by molar-refractivity contribution is 5.75. The Morgan fingerprint density at radius 2 is 2.00 bits per heavy atom. The Morgan fingerprint density at radius 3 is 2.53 bits per heavy atom. The number of rotatable bonds is 4. The zero-order chi connectivity index (χ0) is 13.1. The summed E-state index contributed by atoms with van der Waals surface area (Å²) in [5.41, 5.74) is -0.0152. The molecule has 0 saturated carbocycles. The molecule has 0 aliphatic rings. The fourth-order valence-corrected chi connectivity index (χ4v) is 1.84. The summed E-state index contributed by atoms with van der Waals surface area (Å²) >= 11 is 0. The van der Waals surface area contributed by atoms with E-state index >= 15 is 0 Å². The lowest BCUT2D eigenvalue weighted by molar-refractivity contribution is -0.137. The van der Waals surface area contributed by atoms with Crippen molar-refractivity contribution in [3.63, 3.8) is 0 Å². The Labute approximate surface area is 98.6 Å². The molecule has 0 heterocycles. The van der Waals surface area contributed by atoms with Crippen molar-refractivity contribution in [2.24, 2.45) is 5.92 Å². The Bertz CT molecular complexity index is 396. The van der Waals surface area contributed by atoms with Gasteiger partial charge in [0, 0.05) is 6.42 Å². The van der Waals surface area contributed by atoms with Gasteiger partial charge in [-0.05, 0) is 30.9 Å². The van der Waals surface area contributed by atoms with E-state index in [9.17, 15) is 18.0 Å². The van der Waals surface area contributed by atoms with Crippen LogP contribution in [-0.2, 0) is 17.4 Å². The average molecular weight is 244 g/mol. The molecule has 1 atom stereocenters. The zero-order valence-corrected chi connectivity index (χ0v) is 9.84. The average Bonchev–Trinajstić information content (AvgIpc) is 2.15. The number of halogens is 3. The van der Waals surface area contributed by atoms with E-state index in [1.54, 1.807) is 6.07 Å². The summed E-state index contributed by atoms with van der Waals surface area (Å²) in [6.45, 7) is 3.35. The lowest BCUT2D eigenvalue weighted by Gasteiger charge is -2.12. The summed E-state index contributed by atoms with van der Waals surface area (Å²) in [6, 6.07) is 5.26. The minimum Gasteiger partial charge on any atom is -0.300 e. The molecule has 17 heavy (non-hydrogen) atoms. The molecule has 0 radical (unpaired) electrons. The molecule has 0 aliphatic heterocycles. The summed E-state index contributed by atoms with van der Waals surface area (Å²) in [7, 11) is 0. The van der Waals surface area contributed by atoms with Crippen molar-refractivity contribution >= 4 is 5.78 Å². The molecule has 1 unspecified atom stereocenters. The second-order valence-electron chi connectivity index (χ2n) is 4.41. The van der Waals surface area contributed by atoms with Gasteiger partial charge in [-0.1, -0.05) is 25.1 Å². The molecule has 0 spiro atoms. The predicted octanol–water partition coefficient (Wildman–Crippen LogP) is 3.86. The van der Waals surface area contributed by atoms with Gasteiger partial charge in [-0.2, -0.15) is 13.2 Å². The van der Waals surface area contributed by atoms with Crippen molar-refractivity contribution < 1.29 is 18.0 Å². The first-order valence-corrected chi connectivity index (χ1v) is 5.44. The third-order valence-electron chi connectivity index (χ3n) is 2.47. The molecule has 0 aliphatic carbocycles. The van der Waals surface area contributed by atoms with Gasteiger partial charge < -0.3 is 4.79 Å². The van der Waals surface area contributed by atoms with E-state index in [2.05, 4.69) is 0 Å². The third-order valence-corrected chi connectivity index (χ3v) is 2.47. The summed E-state index contributed by atoms with van der Waals surface area (Å²) in [5, 5.41) is 0. The lowest BCUT2D eigenvalue weighted by atomic mass is 9.95. The normalized spacial score (nSPS) is 13.5. The van der Waals surface area contributed by atoms with Crippen LogP contribution in [-0.4, -0.2) is 5.78 Å². The molecule has 1 aromatic carbocycles. The van der Waals surface area contributed by atoms with Crippen LogP contribution in [0, 0.1) is 5.92 Å². The molecule has 0 bridgehead atoms. The second kappa shape index (κ2) is 5.34. The van der Waals surface area contributed by atoms with Crippen LogP contribution in [0.2, 0.25) is 0 Å². The smallest absolute Gasteiger partial charge is 0.300 e. The van der Waals surface area contributed by atoms with Crippen LogP contribution in [0.15, 0.2) is 24.3 Å². The standard InChI is InChI=1S/C13H15F3O/c1-9(6-10(2)17)7-11-4-3-5-12(8-11)13(14,15)16/h3-5,8-9H,6-7H2,1-2H3. The molecular formula is C13H15F3O. The van der Waals surface area contributed by atoms with Crippen LogP contribution < -0.4 is 0 Å². The molecule has 0 fully saturated rings. The van der Waals surface area contributed by atoms with Crippen molar-refractivity contribution in [2.75, 3.05) is 0 Å². The van der Waals surface area contributed by atoms with Gasteiger partial charge in [-0.3, -0.25) is 0 Å². The third kappa shape index (κ3) is 4.59. The van der Waals surface area contributed by atoms with Gasteiger partial charge >= 0.3 is 6.18 Å². The number of Topliss-reactive ketones (excluding diaryl/α,β-unsaturated/α-hetero) is 1. The topological polar surface area (TPSA) is 17.1 Å². The summed E-state index contributed by atoms with van der Waals surface area (Å²) in [6.07, 6.45) is -3.42. The summed E-state index contributed by atoms with van der Waals surface area (Å²) < 4.78 is 37.4. The minimum absolute atomic E-state index is 0.0597. The van der Waals surface area contributed by atoms with Crippen LogP contribution in [0.4, 0.5) is 13.2 Å². The first-order valence-electron chi connectivity index (χ1n) is 5.44. The predicted molar refractivity (Wildman–Crippen MR) is 59.6 cm³/mol. The Hall–Kier alpha value is -1.32. The zero-order valence-electron chi connectivity index (χ0n) is 9.84. The van der Waals surface area contributed by atoms with Crippen molar-refractivity contribution in [1.29, 1.82) is 0 Å². The molecule has 0 aromatic heterocycles.